The molecule has 0 aliphatic carbocycles. The van der Waals surface area contributed by atoms with Crippen molar-refractivity contribution in [2.45, 2.75) is 12.5 Å². The summed E-state index contributed by atoms with van der Waals surface area (Å²) in [5.41, 5.74) is 1.81. The summed E-state index contributed by atoms with van der Waals surface area (Å²) < 4.78 is 19.1. The fourth-order valence-electron chi connectivity index (χ4n) is 1.90. The molecular weight excluding hydrogens is 181 g/mol. The summed E-state index contributed by atoms with van der Waals surface area (Å²) in [6.45, 7) is 1.34. The fourth-order valence-corrected chi connectivity index (χ4v) is 1.90. The quantitative estimate of drug-likeness (QED) is 0.775. The van der Waals surface area contributed by atoms with Gasteiger partial charge < -0.3 is 10.1 Å². The van der Waals surface area contributed by atoms with Crippen LogP contribution in [0.4, 0.5) is 4.39 Å². The van der Waals surface area contributed by atoms with Gasteiger partial charge in [-0.3, -0.25) is 0 Å². The minimum absolute atomic E-state index is 0.134. The number of hydrogen-bond acceptors (Lipinski definition) is 2. The Hall–Kier alpha value is -0.930. The van der Waals surface area contributed by atoms with Gasteiger partial charge in [-0.1, -0.05) is 12.1 Å². The number of nitrogens with one attached hydrogen (secondary N) is 1. The van der Waals surface area contributed by atoms with E-state index in [0.29, 0.717) is 13.2 Å². The molecule has 0 amide bonds. The highest BCUT2D eigenvalue weighted by Crippen LogP contribution is 2.28. The average molecular weight is 195 g/mol. The van der Waals surface area contributed by atoms with E-state index in [1.54, 1.807) is 6.07 Å². The topological polar surface area (TPSA) is 21.3 Å². The molecule has 76 valence electrons. The lowest BCUT2D eigenvalue weighted by Crippen LogP contribution is -2.26. The molecule has 2 nitrogen and oxygen atoms in total. The Balaban J connectivity index is 2.36. The van der Waals surface area contributed by atoms with Crippen molar-refractivity contribution >= 4 is 0 Å². The van der Waals surface area contributed by atoms with Gasteiger partial charge in [0.15, 0.2) is 0 Å². The van der Waals surface area contributed by atoms with Crippen LogP contribution in [0.15, 0.2) is 18.2 Å². The molecule has 1 heterocycles. The van der Waals surface area contributed by atoms with Crippen molar-refractivity contribution in [1.82, 2.24) is 5.32 Å². The van der Waals surface area contributed by atoms with E-state index in [2.05, 4.69) is 5.32 Å². The SMILES string of the molecule is CNCC1OCCc2cccc(F)c21. The second kappa shape index (κ2) is 4.07. The first-order valence-corrected chi connectivity index (χ1v) is 4.86. The van der Waals surface area contributed by atoms with E-state index in [1.165, 1.54) is 6.07 Å². The molecule has 2 rings (SSSR count). The molecule has 0 bridgehead atoms. The van der Waals surface area contributed by atoms with Gasteiger partial charge in [-0.25, -0.2) is 4.39 Å². The minimum Gasteiger partial charge on any atom is -0.372 e. The molecule has 0 radical (unpaired) electrons. The zero-order valence-electron chi connectivity index (χ0n) is 8.22. The molecule has 0 aromatic heterocycles. The van der Waals surface area contributed by atoms with Crippen LogP contribution in [0.1, 0.15) is 17.2 Å². The van der Waals surface area contributed by atoms with Crippen LogP contribution in [0.25, 0.3) is 0 Å². The van der Waals surface area contributed by atoms with Crippen LogP contribution in [-0.2, 0) is 11.2 Å². The van der Waals surface area contributed by atoms with E-state index >= 15 is 0 Å². The standard InChI is InChI=1S/C11H14FNO/c1-13-7-10-11-8(5-6-14-10)3-2-4-9(11)12/h2-4,10,13H,5-7H2,1H3. The van der Waals surface area contributed by atoms with E-state index in [-0.39, 0.29) is 11.9 Å². The summed E-state index contributed by atoms with van der Waals surface area (Å²) in [6.07, 6.45) is 0.678. The summed E-state index contributed by atoms with van der Waals surface area (Å²) in [7, 11) is 1.85. The number of rotatable bonds is 2. The van der Waals surface area contributed by atoms with Crippen molar-refractivity contribution < 1.29 is 9.13 Å². The lowest BCUT2D eigenvalue weighted by atomic mass is 9.97. The molecule has 1 unspecified atom stereocenters. The van der Waals surface area contributed by atoms with E-state index in [0.717, 1.165) is 17.5 Å². The molecule has 1 aromatic rings. The summed E-state index contributed by atoms with van der Waals surface area (Å²) in [6, 6.07) is 5.23. The second-order valence-electron chi connectivity index (χ2n) is 3.48. The largest absolute Gasteiger partial charge is 0.372 e. The van der Waals surface area contributed by atoms with E-state index in [4.69, 9.17) is 4.74 Å². The Labute approximate surface area is 83.1 Å². The van der Waals surface area contributed by atoms with Crippen LogP contribution in [0.3, 0.4) is 0 Å². The molecule has 1 aliphatic heterocycles. The van der Waals surface area contributed by atoms with E-state index < -0.39 is 0 Å². The van der Waals surface area contributed by atoms with Crippen molar-refractivity contribution in [3.63, 3.8) is 0 Å². The van der Waals surface area contributed by atoms with Crippen LogP contribution < -0.4 is 5.32 Å². The molecule has 1 N–H and O–H groups in total. The molecule has 0 saturated heterocycles. The van der Waals surface area contributed by atoms with Gasteiger partial charge in [0.1, 0.15) is 5.82 Å². The van der Waals surface area contributed by atoms with Crippen LogP contribution in [-0.4, -0.2) is 20.2 Å². The zero-order chi connectivity index (χ0) is 9.97. The van der Waals surface area contributed by atoms with Gasteiger partial charge in [0.25, 0.3) is 0 Å². The van der Waals surface area contributed by atoms with Gasteiger partial charge in [0.2, 0.25) is 0 Å². The van der Waals surface area contributed by atoms with Crippen LogP contribution in [0.5, 0.6) is 0 Å². The van der Waals surface area contributed by atoms with E-state index in [1.807, 2.05) is 13.1 Å². The Morgan fingerprint density at radius 1 is 1.57 bits per heavy atom. The Kier molecular flexibility index (Phi) is 2.79. The van der Waals surface area contributed by atoms with E-state index in [9.17, 15) is 4.39 Å². The molecule has 1 atom stereocenters. The van der Waals surface area contributed by atoms with Crippen molar-refractivity contribution in [2.75, 3.05) is 20.2 Å². The molecule has 1 aromatic carbocycles. The highest BCUT2D eigenvalue weighted by molar-refractivity contribution is 5.32. The maximum absolute atomic E-state index is 13.5. The summed E-state index contributed by atoms with van der Waals surface area (Å²) in [5.74, 6) is -0.151. The number of likely N-dealkylation sites (N-methyl/N-ethyl adjacent to an activating group) is 1. The van der Waals surface area contributed by atoms with Crippen LogP contribution in [0, 0.1) is 5.82 Å². The fraction of sp³-hybridized carbons (Fsp3) is 0.455. The monoisotopic (exact) mass is 195 g/mol. The summed E-state index contributed by atoms with van der Waals surface area (Å²) >= 11 is 0. The normalized spacial score (nSPS) is 20.6. The average Bonchev–Trinajstić information content (AvgIpc) is 2.19. The smallest absolute Gasteiger partial charge is 0.129 e. The number of benzene rings is 1. The van der Waals surface area contributed by atoms with Crippen molar-refractivity contribution in [1.29, 1.82) is 0 Å². The maximum atomic E-state index is 13.5. The van der Waals surface area contributed by atoms with Crippen LogP contribution >= 0.6 is 0 Å². The van der Waals surface area contributed by atoms with Gasteiger partial charge in [0.05, 0.1) is 12.7 Å². The van der Waals surface area contributed by atoms with Crippen LogP contribution in [0.2, 0.25) is 0 Å². The third-order valence-corrected chi connectivity index (χ3v) is 2.55. The molecule has 14 heavy (non-hydrogen) atoms. The third-order valence-electron chi connectivity index (χ3n) is 2.55. The third kappa shape index (κ3) is 1.65. The van der Waals surface area contributed by atoms with Gasteiger partial charge in [0, 0.05) is 12.1 Å². The van der Waals surface area contributed by atoms with Gasteiger partial charge in [-0.2, -0.15) is 0 Å². The minimum atomic E-state index is -0.151. The predicted molar refractivity (Wildman–Crippen MR) is 52.7 cm³/mol. The van der Waals surface area contributed by atoms with Crippen molar-refractivity contribution in [3.05, 3.63) is 35.1 Å². The summed E-state index contributed by atoms with van der Waals surface area (Å²) in [5, 5.41) is 3.01. The van der Waals surface area contributed by atoms with Crippen molar-refractivity contribution in [3.8, 4) is 0 Å². The Bertz CT molecular complexity index is 327. The van der Waals surface area contributed by atoms with Gasteiger partial charge in [-0.05, 0) is 25.1 Å². The first-order chi connectivity index (χ1) is 6.83. The summed E-state index contributed by atoms with van der Waals surface area (Å²) in [4.78, 5) is 0. The number of ether oxygens (including phenoxy) is 1. The predicted octanol–water partition coefficient (Wildman–Crippen LogP) is 1.66. The zero-order valence-corrected chi connectivity index (χ0v) is 8.22. The highest BCUT2D eigenvalue weighted by atomic mass is 19.1. The second-order valence-corrected chi connectivity index (χ2v) is 3.48. The number of fused-ring (bicyclic) bond motifs is 1. The highest BCUT2D eigenvalue weighted by Gasteiger charge is 2.23. The first-order valence-electron chi connectivity index (χ1n) is 4.86. The lowest BCUT2D eigenvalue weighted by molar-refractivity contribution is 0.0410. The number of halogens is 1. The number of hydrogen-bond donors (Lipinski definition) is 1. The molecule has 3 heteroatoms. The Morgan fingerprint density at radius 2 is 2.43 bits per heavy atom. The van der Waals surface area contributed by atoms with Gasteiger partial charge in [-0.15, -0.1) is 0 Å². The lowest BCUT2D eigenvalue weighted by Gasteiger charge is -2.26. The molecule has 1 aliphatic rings. The Morgan fingerprint density at radius 3 is 3.21 bits per heavy atom. The molecule has 0 saturated carbocycles. The molecular formula is C11H14FNO. The first kappa shape index (κ1) is 9.62. The molecule has 0 fully saturated rings. The van der Waals surface area contributed by atoms with Gasteiger partial charge >= 0.3 is 0 Å². The maximum Gasteiger partial charge on any atom is 0.129 e. The van der Waals surface area contributed by atoms with Crippen molar-refractivity contribution in [2.24, 2.45) is 0 Å². The molecule has 0 spiro atoms.